The molecule has 29 heavy (non-hydrogen) atoms. The lowest BCUT2D eigenvalue weighted by Crippen LogP contribution is -2.61. The first-order valence-corrected chi connectivity index (χ1v) is 10.3. The summed E-state index contributed by atoms with van der Waals surface area (Å²) in [6, 6.07) is 7.00. The number of nitrogens with one attached hydrogen (secondary N) is 3. The highest BCUT2D eigenvalue weighted by atomic mass is 16.5. The van der Waals surface area contributed by atoms with Crippen molar-refractivity contribution in [2.45, 2.75) is 38.3 Å². The SMILES string of the molecule is CC(C)C[C@H]1CNC(=O)c2ccccc2OC/C=C/CC2(CNCCO2)C(=O)N1. The van der Waals surface area contributed by atoms with E-state index in [0.717, 1.165) is 13.0 Å². The van der Waals surface area contributed by atoms with Crippen molar-refractivity contribution in [1.82, 2.24) is 16.0 Å². The minimum Gasteiger partial charge on any atom is -0.489 e. The maximum Gasteiger partial charge on any atom is 0.255 e. The third-order valence-corrected chi connectivity index (χ3v) is 5.16. The van der Waals surface area contributed by atoms with Crippen molar-refractivity contribution >= 4 is 11.8 Å². The van der Waals surface area contributed by atoms with Gasteiger partial charge in [0.05, 0.1) is 12.2 Å². The lowest BCUT2D eigenvalue weighted by Gasteiger charge is -2.37. The molecule has 2 atom stereocenters. The first kappa shape index (κ1) is 21.3. The lowest BCUT2D eigenvalue weighted by molar-refractivity contribution is -0.151. The zero-order chi connectivity index (χ0) is 20.7. The molecule has 1 saturated heterocycles. The van der Waals surface area contributed by atoms with Crippen molar-refractivity contribution in [2.75, 3.05) is 32.8 Å². The van der Waals surface area contributed by atoms with Gasteiger partial charge in [-0.25, -0.2) is 0 Å². The van der Waals surface area contributed by atoms with Gasteiger partial charge in [-0.3, -0.25) is 9.59 Å². The Kier molecular flexibility index (Phi) is 7.28. The van der Waals surface area contributed by atoms with E-state index in [4.69, 9.17) is 9.47 Å². The van der Waals surface area contributed by atoms with Crippen LogP contribution in [0.2, 0.25) is 0 Å². The maximum absolute atomic E-state index is 13.2. The Morgan fingerprint density at radius 1 is 1.21 bits per heavy atom. The predicted octanol–water partition coefficient (Wildman–Crippen LogP) is 1.64. The van der Waals surface area contributed by atoms with Gasteiger partial charge in [-0.05, 0) is 24.5 Å². The zero-order valence-electron chi connectivity index (χ0n) is 17.2. The number of rotatable bonds is 2. The first-order valence-electron chi connectivity index (χ1n) is 10.3. The van der Waals surface area contributed by atoms with Gasteiger partial charge in [0.15, 0.2) is 5.60 Å². The average Bonchev–Trinajstić information content (AvgIpc) is 2.71. The molecule has 2 heterocycles. The van der Waals surface area contributed by atoms with Crippen LogP contribution in [0.5, 0.6) is 5.75 Å². The molecule has 7 heteroatoms. The molecule has 1 aromatic rings. The van der Waals surface area contributed by atoms with Gasteiger partial charge in [-0.1, -0.05) is 38.1 Å². The minimum atomic E-state index is -0.948. The highest BCUT2D eigenvalue weighted by molar-refractivity contribution is 5.97. The fraction of sp³-hybridized carbons (Fsp3) is 0.545. The van der Waals surface area contributed by atoms with Gasteiger partial charge in [-0.15, -0.1) is 0 Å². The van der Waals surface area contributed by atoms with E-state index in [1.165, 1.54) is 0 Å². The number of morpholine rings is 1. The van der Waals surface area contributed by atoms with E-state index < -0.39 is 5.60 Å². The number of hydrogen-bond donors (Lipinski definition) is 3. The fourth-order valence-corrected chi connectivity index (χ4v) is 3.68. The van der Waals surface area contributed by atoms with Crippen LogP contribution in [0.1, 0.15) is 37.0 Å². The normalized spacial score (nSPS) is 27.3. The molecule has 0 aliphatic carbocycles. The Labute approximate surface area is 172 Å². The van der Waals surface area contributed by atoms with Crippen molar-refractivity contribution < 1.29 is 19.1 Å². The van der Waals surface area contributed by atoms with Gasteiger partial charge in [0, 0.05) is 32.1 Å². The van der Waals surface area contributed by atoms with Crippen LogP contribution < -0.4 is 20.7 Å². The lowest BCUT2D eigenvalue weighted by atomic mass is 9.94. The molecule has 0 bridgehead atoms. The standard InChI is InChI=1S/C22H31N3O4/c1-16(2)13-17-14-24-20(26)18-7-3-4-8-19(18)28-11-6-5-9-22(21(27)25-17)15-23-10-12-29-22/h3-8,16-17,23H,9-15H2,1-2H3,(H,24,26)(H,25,27)/b6-5+/t17-,22?/m0/s1. The molecule has 1 spiro atoms. The van der Waals surface area contributed by atoms with E-state index in [9.17, 15) is 9.59 Å². The van der Waals surface area contributed by atoms with Crippen molar-refractivity contribution in [3.8, 4) is 5.75 Å². The summed E-state index contributed by atoms with van der Waals surface area (Å²) < 4.78 is 11.7. The number of carbonyl (C=O) groups is 2. The number of amides is 2. The van der Waals surface area contributed by atoms with E-state index >= 15 is 0 Å². The molecule has 0 saturated carbocycles. The van der Waals surface area contributed by atoms with Crippen LogP contribution in [-0.2, 0) is 9.53 Å². The second-order valence-corrected chi connectivity index (χ2v) is 8.01. The van der Waals surface area contributed by atoms with Crippen molar-refractivity contribution in [3.05, 3.63) is 42.0 Å². The Morgan fingerprint density at radius 3 is 2.79 bits per heavy atom. The molecule has 0 radical (unpaired) electrons. The summed E-state index contributed by atoms with van der Waals surface area (Å²) in [7, 11) is 0. The second-order valence-electron chi connectivity index (χ2n) is 8.01. The summed E-state index contributed by atoms with van der Waals surface area (Å²) in [6.45, 7) is 6.51. The molecule has 7 nitrogen and oxygen atoms in total. The minimum absolute atomic E-state index is 0.146. The summed E-state index contributed by atoms with van der Waals surface area (Å²) in [4.78, 5) is 25.9. The van der Waals surface area contributed by atoms with E-state index in [1.54, 1.807) is 12.1 Å². The van der Waals surface area contributed by atoms with Crippen LogP contribution in [0.4, 0.5) is 0 Å². The number of para-hydroxylation sites is 1. The van der Waals surface area contributed by atoms with Crippen LogP contribution in [-0.4, -0.2) is 56.3 Å². The molecule has 1 aromatic carbocycles. The summed E-state index contributed by atoms with van der Waals surface area (Å²) in [5.41, 5.74) is -0.459. The molecule has 2 aliphatic heterocycles. The van der Waals surface area contributed by atoms with E-state index in [-0.39, 0.29) is 17.9 Å². The number of carbonyl (C=O) groups excluding carboxylic acids is 2. The van der Waals surface area contributed by atoms with Crippen molar-refractivity contribution in [1.29, 1.82) is 0 Å². The number of benzene rings is 1. The van der Waals surface area contributed by atoms with Gasteiger partial charge >= 0.3 is 0 Å². The Balaban J connectivity index is 1.86. The van der Waals surface area contributed by atoms with Gasteiger partial charge in [-0.2, -0.15) is 0 Å². The van der Waals surface area contributed by atoms with Gasteiger partial charge < -0.3 is 25.4 Å². The van der Waals surface area contributed by atoms with Crippen LogP contribution in [0.15, 0.2) is 36.4 Å². The molecule has 3 rings (SSSR count). The summed E-state index contributed by atoms with van der Waals surface area (Å²) >= 11 is 0. The largest absolute Gasteiger partial charge is 0.489 e. The third-order valence-electron chi connectivity index (χ3n) is 5.16. The molecule has 1 fully saturated rings. The van der Waals surface area contributed by atoms with Gasteiger partial charge in [0.1, 0.15) is 12.4 Å². The van der Waals surface area contributed by atoms with E-state index in [2.05, 4.69) is 29.8 Å². The molecule has 2 amide bonds. The highest BCUT2D eigenvalue weighted by Crippen LogP contribution is 2.22. The first-order chi connectivity index (χ1) is 14.0. The molecule has 0 aromatic heterocycles. The molecule has 2 aliphatic rings. The van der Waals surface area contributed by atoms with Crippen molar-refractivity contribution in [2.24, 2.45) is 5.92 Å². The summed E-state index contributed by atoms with van der Waals surface area (Å²) in [5, 5.41) is 9.34. The van der Waals surface area contributed by atoms with E-state index in [1.807, 2.05) is 24.3 Å². The van der Waals surface area contributed by atoms with Crippen molar-refractivity contribution in [3.63, 3.8) is 0 Å². The second kappa shape index (κ2) is 9.89. The van der Waals surface area contributed by atoms with Crippen LogP contribution in [0.3, 0.4) is 0 Å². The monoisotopic (exact) mass is 401 g/mol. The smallest absolute Gasteiger partial charge is 0.255 e. The van der Waals surface area contributed by atoms with Crippen LogP contribution in [0, 0.1) is 5.92 Å². The summed E-state index contributed by atoms with van der Waals surface area (Å²) in [5.74, 6) is 0.553. The van der Waals surface area contributed by atoms with Crippen LogP contribution >= 0.6 is 0 Å². The highest BCUT2D eigenvalue weighted by Gasteiger charge is 2.41. The van der Waals surface area contributed by atoms with Gasteiger partial charge in [0.25, 0.3) is 11.8 Å². The summed E-state index contributed by atoms with van der Waals surface area (Å²) in [6.07, 6.45) is 4.98. The quantitative estimate of drug-likeness (QED) is 0.656. The van der Waals surface area contributed by atoms with Crippen LogP contribution in [0.25, 0.3) is 0 Å². The number of ether oxygens (including phenoxy) is 2. The third kappa shape index (κ3) is 5.58. The van der Waals surface area contributed by atoms with E-state index in [0.29, 0.717) is 50.0 Å². The molecule has 3 N–H and O–H groups in total. The number of fused-ring (bicyclic) bond motifs is 1. The Hall–Kier alpha value is -2.38. The molecule has 158 valence electrons. The Bertz CT molecular complexity index is 741. The average molecular weight is 402 g/mol. The topological polar surface area (TPSA) is 88.7 Å². The number of hydrogen-bond acceptors (Lipinski definition) is 5. The zero-order valence-corrected chi connectivity index (χ0v) is 17.2. The molecular weight excluding hydrogens is 370 g/mol. The Morgan fingerprint density at radius 2 is 2.03 bits per heavy atom. The molecule has 1 unspecified atom stereocenters. The molecular formula is C22H31N3O4. The van der Waals surface area contributed by atoms with Gasteiger partial charge in [0.2, 0.25) is 0 Å². The maximum atomic E-state index is 13.2. The predicted molar refractivity (Wildman–Crippen MR) is 111 cm³/mol. The fourth-order valence-electron chi connectivity index (χ4n) is 3.68.